The summed E-state index contributed by atoms with van der Waals surface area (Å²) in [5, 5.41) is 52.6. The lowest BCUT2D eigenvalue weighted by atomic mass is 9.72. The highest BCUT2D eigenvalue weighted by Gasteiger charge is 2.53. The number of carbonyl (C=O) groups excluding carboxylic acids is 1. The number of rotatable bonds is 12. The van der Waals surface area contributed by atoms with Crippen LogP contribution in [0.1, 0.15) is 26.2 Å². The van der Waals surface area contributed by atoms with Crippen molar-refractivity contribution in [2.75, 3.05) is 46.4 Å². The van der Waals surface area contributed by atoms with Gasteiger partial charge in [0.15, 0.2) is 6.29 Å². The third-order valence-electron chi connectivity index (χ3n) is 8.03. The number of likely N-dealkylation sites (N-methyl/N-ethyl adjacent to an activating group) is 1. The number of urea groups is 1. The lowest BCUT2D eigenvalue weighted by Gasteiger charge is -2.50. The topological polar surface area (TPSA) is 269 Å². The van der Waals surface area contributed by atoms with Gasteiger partial charge < -0.3 is 68.4 Å². The van der Waals surface area contributed by atoms with Crippen molar-refractivity contribution < 1.29 is 39.5 Å². The molecule has 41 heavy (non-hydrogen) atoms. The number of ether oxygens (including phenoxy) is 3. The summed E-state index contributed by atoms with van der Waals surface area (Å²) in [7, 11) is 1.59. The Morgan fingerprint density at radius 2 is 1.95 bits per heavy atom. The number of nitrogens with zero attached hydrogens (tertiary/aromatic N) is 1. The van der Waals surface area contributed by atoms with Crippen LogP contribution in [0.2, 0.25) is 0 Å². The van der Waals surface area contributed by atoms with Gasteiger partial charge in [0.1, 0.15) is 29.7 Å². The molecule has 15 N–H and O–H groups in total. The van der Waals surface area contributed by atoms with Crippen molar-refractivity contribution in [1.82, 2.24) is 21.0 Å². The Morgan fingerprint density at radius 1 is 1.22 bits per heavy atom. The molecule has 0 spiro atoms. The second-order valence-corrected chi connectivity index (χ2v) is 11.3. The maximum absolute atomic E-state index is 12.7. The average Bonchev–Trinajstić information content (AvgIpc) is 2.91. The van der Waals surface area contributed by atoms with Crippen LogP contribution in [0.15, 0.2) is 11.8 Å². The molecule has 2 fully saturated rings. The first-order valence-corrected chi connectivity index (χ1v) is 14.2. The molecule has 238 valence electrons. The highest BCUT2D eigenvalue weighted by atomic mass is 16.7. The van der Waals surface area contributed by atoms with Gasteiger partial charge in [-0.3, -0.25) is 5.21 Å². The van der Waals surface area contributed by atoms with Crippen molar-refractivity contribution in [2.45, 2.75) is 86.7 Å². The van der Waals surface area contributed by atoms with Crippen molar-refractivity contribution in [3.8, 4) is 0 Å². The number of aliphatic hydroxyl groups is 3. The molecule has 1 aliphatic carbocycles. The molecule has 1 saturated heterocycles. The van der Waals surface area contributed by atoms with E-state index in [0.29, 0.717) is 36.9 Å². The number of hydrogen-bond acceptors (Lipinski definition) is 14. The van der Waals surface area contributed by atoms with Gasteiger partial charge in [0, 0.05) is 24.5 Å². The summed E-state index contributed by atoms with van der Waals surface area (Å²) in [6, 6.07) is -3.71. The SMILES string of the molecule is CN[C@@H]1[C@@H](O)[C@@H](O[C@H]2[C@H](NC(=O)N(O)CCN)C[C@H](N)C([C@H]3OC(CNCCCN)=CC[C@H]3N)[C@@H]2O)OC[C@]1(C)O. The number of carbonyl (C=O) groups is 1. The molecular formula is C25H50N8O8. The predicted molar refractivity (Wildman–Crippen MR) is 148 cm³/mol. The fraction of sp³-hybridized carbons (Fsp3) is 0.880. The van der Waals surface area contributed by atoms with Crippen LogP contribution in [0.3, 0.4) is 0 Å². The zero-order chi connectivity index (χ0) is 30.3. The average molecular weight is 591 g/mol. The van der Waals surface area contributed by atoms with Crippen LogP contribution in [0.5, 0.6) is 0 Å². The first-order valence-electron chi connectivity index (χ1n) is 14.2. The first-order chi connectivity index (χ1) is 19.4. The molecule has 3 aliphatic rings. The smallest absolute Gasteiger partial charge is 0.341 e. The Labute approximate surface area is 240 Å². The molecule has 1 unspecified atom stereocenters. The van der Waals surface area contributed by atoms with Crippen molar-refractivity contribution in [3.05, 3.63) is 11.8 Å². The van der Waals surface area contributed by atoms with Crippen LogP contribution in [-0.4, -0.2) is 138 Å². The summed E-state index contributed by atoms with van der Waals surface area (Å²) < 4.78 is 18.1. The van der Waals surface area contributed by atoms with Crippen molar-refractivity contribution in [1.29, 1.82) is 0 Å². The van der Waals surface area contributed by atoms with Gasteiger partial charge in [-0.25, -0.2) is 9.86 Å². The number of nitrogens with two attached hydrogens (primary N) is 4. The summed E-state index contributed by atoms with van der Waals surface area (Å²) in [5.74, 6) is -0.0436. The molecule has 2 heterocycles. The van der Waals surface area contributed by atoms with Gasteiger partial charge in [0.2, 0.25) is 0 Å². The minimum absolute atomic E-state index is 0.0278. The Hall–Kier alpha value is -1.67. The molecule has 0 aromatic carbocycles. The Morgan fingerprint density at radius 3 is 2.61 bits per heavy atom. The second-order valence-electron chi connectivity index (χ2n) is 11.3. The summed E-state index contributed by atoms with van der Waals surface area (Å²) in [6.45, 7) is 3.00. The minimum Gasteiger partial charge on any atom is -0.492 e. The van der Waals surface area contributed by atoms with E-state index < -0.39 is 72.4 Å². The lowest BCUT2D eigenvalue weighted by molar-refractivity contribution is -0.297. The Balaban J connectivity index is 1.83. The van der Waals surface area contributed by atoms with Crippen LogP contribution < -0.4 is 38.9 Å². The summed E-state index contributed by atoms with van der Waals surface area (Å²) in [6.07, 6.45) is -2.39. The fourth-order valence-corrected chi connectivity index (χ4v) is 5.86. The van der Waals surface area contributed by atoms with E-state index in [2.05, 4.69) is 16.0 Å². The van der Waals surface area contributed by atoms with Crippen molar-refractivity contribution in [3.63, 3.8) is 0 Å². The van der Waals surface area contributed by atoms with E-state index in [1.165, 1.54) is 6.92 Å². The molecule has 0 radical (unpaired) electrons. The highest BCUT2D eigenvalue weighted by Crippen LogP contribution is 2.36. The van der Waals surface area contributed by atoms with Crippen LogP contribution >= 0.6 is 0 Å². The van der Waals surface area contributed by atoms with Crippen LogP contribution in [-0.2, 0) is 14.2 Å². The molecule has 0 bridgehead atoms. The van der Waals surface area contributed by atoms with E-state index in [4.69, 9.17) is 37.1 Å². The normalized spacial score (nSPS) is 39.5. The van der Waals surface area contributed by atoms with Gasteiger partial charge in [0.05, 0.1) is 37.9 Å². The van der Waals surface area contributed by atoms with Gasteiger partial charge in [0.25, 0.3) is 0 Å². The zero-order valence-corrected chi connectivity index (χ0v) is 23.9. The van der Waals surface area contributed by atoms with Gasteiger partial charge in [-0.1, -0.05) is 0 Å². The molecular weight excluding hydrogens is 540 g/mol. The Bertz CT molecular complexity index is 869. The van der Waals surface area contributed by atoms with Crippen LogP contribution in [0, 0.1) is 5.92 Å². The van der Waals surface area contributed by atoms with Gasteiger partial charge in [-0.2, -0.15) is 0 Å². The van der Waals surface area contributed by atoms with Gasteiger partial charge in [-0.15, -0.1) is 0 Å². The number of hydrogen-bond donors (Lipinski definition) is 11. The summed E-state index contributed by atoms with van der Waals surface area (Å²) >= 11 is 0. The molecule has 16 heteroatoms. The first kappa shape index (κ1) is 33.8. The number of amides is 2. The monoisotopic (exact) mass is 590 g/mol. The largest absolute Gasteiger partial charge is 0.492 e. The minimum atomic E-state index is -1.39. The van der Waals surface area contributed by atoms with Crippen LogP contribution in [0.25, 0.3) is 0 Å². The van der Waals surface area contributed by atoms with Gasteiger partial charge in [-0.05, 0) is 52.4 Å². The molecule has 0 aromatic rings. The molecule has 1 saturated carbocycles. The molecule has 16 nitrogen and oxygen atoms in total. The third kappa shape index (κ3) is 8.25. The third-order valence-corrected chi connectivity index (χ3v) is 8.03. The van der Waals surface area contributed by atoms with Crippen molar-refractivity contribution >= 4 is 6.03 Å². The quantitative estimate of drug-likeness (QED) is 0.0585. The van der Waals surface area contributed by atoms with E-state index in [9.17, 15) is 25.3 Å². The van der Waals surface area contributed by atoms with E-state index in [1.807, 2.05) is 6.08 Å². The predicted octanol–water partition coefficient (Wildman–Crippen LogP) is -4.20. The molecule has 11 atom stereocenters. The molecule has 2 aliphatic heterocycles. The van der Waals surface area contributed by atoms with E-state index >= 15 is 0 Å². The maximum Gasteiger partial charge on any atom is 0.341 e. The van der Waals surface area contributed by atoms with E-state index in [1.54, 1.807) is 7.05 Å². The second kappa shape index (κ2) is 15.2. The fourth-order valence-electron chi connectivity index (χ4n) is 5.86. The highest BCUT2D eigenvalue weighted by molar-refractivity contribution is 5.73. The molecule has 0 aromatic heterocycles. The maximum atomic E-state index is 12.7. The molecule has 2 amide bonds. The number of nitrogens with one attached hydrogen (secondary N) is 3. The standard InChI is InChI=1S/C25H50N8O8/c1-25(37)12-39-23(19(35)22(25)30-2)41-21-16(32-24(36)33(38)9-7-27)10-15(29)17(18(21)34)20-14(28)5-4-13(40-20)11-31-8-3-6-26/h4,14-23,30-31,34-35,37-38H,3,5-12,26-29H2,1-2H3,(H,32,36)/t14-,15+,16-,17?,18+,19-,20+,21+,22-,23-,25+/m1/s1. The summed E-state index contributed by atoms with van der Waals surface area (Å²) in [4.78, 5) is 12.7. The summed E-state index contributed by atoms with van der Waals surface area (Å²) in [5.41, 5.74) is 22.6. The Kier molecular flexibility index (Phi) is 12.5. The number of hydroxylamine groups is 2. The van der Waals surface area contributed by atoms with E-state index in [-0.39, 0.29) is 26.1 Å². The van der Waals surface area contributed by atoms with Crippen LogP contribution in [0.4, 0.5) is 4.79 Å². The lowest BCUT2D eigenvalue weighted by Crippen LogP contribution is -2.69. The number of aliphatic hydroxyl groups excluding tert-OH is 2. The van der Waals surface area contributed by atoms with Gasteiger partial charge >= 0.3 is 6.03 Å². The molecule has 3 rings (SSSR count). The van der Waals surface area contributed by atoms with Crippen molar-refractivity contribution in [2.24, 2.45) is 28.9 Å². The zero-order valence-electron chi connectivity index (χ0n) is 23.9. The van der Waals surface area contributed by atoms with E-state index in [0.717, 1.165) is 6.42 Å².